The van der Waals surface area contributed by atoms with Gasteiger partial charge in [0.15, 0.2) is 6.17 Å². The maximum absolute atomic E-state index is 10.3. The van der Waals surface area contributed by atoms with Crippen LogP contribution < -0.4 is 5.32 Å². The molecule has 2 aromatic carbocycles. The topological polar surface area (TPSA) is 50.1 Å². The van der Waals surface area contributed by atoms with Gasteiger partial charge in [0.2, 0.25) is 0 Å². The summed E-state index contributed by atoms with van der Waals surface area (Å²) in [6.45, 7) is 6.21. The van der Waals surface area contributed by atoms with Crippen molar-refractivity contribution in [1.82, 2.24) is 9.78 Å². The first kappa shape index (κ1) is 13.9. The Hall–Kier alpha value is -2.75. The summed E-state index contributed by atoms with van der Waals surface area (Å²) < 4.78 is 1.96. The number of rotatable bonds is 1. The van der Waals surface area contributed by atoms with E-state index < -0.39 is 0 Å². The number of benzene rings is 2. The van der Waals surface area contributed by atoms with E-state index in [1.807, 2.05) is 29.8 Å². The molecular weight excluding hydrogens is 286 g/mol. The molecule has 0 spiro atoms. The first-order chi connectivity index (χ1) is 11.0. The van der Waals surface area contributed by atoms with Crippen molar-refractivity contribution in [1.29, 1.82) is 0 Å². The highest BCUT2D eigenvalue weighted by molar-refractivity contribution is 5.82. The zero-order valence-corrected chi connectivity index (χ0v) is 13.5. The molecule has 1 atom stereocenters. The lowest BCUT2D eigenvalue weighted by molar-refractivity contribution is 0.452. The summed E-state index contributed by atoms with van der Waals surface area (Å²) in [7, 11) is 0. The van der Waals surface area contributed by atoms with Gasteiger partial charge in [-0.15, -0.1) is 0 Å². The second kappa shape index (κ2) is 4.88. The Morgan fingerprint density at radius 2 is 1.87 bits per heavy atom. The van der Waals surface area contributed by atoms with E-state index in [1.165, 1.54) is 11.1 Å². The van der Waals surface area contributed by atoms with Crippen molar-refractivity contribution >= 4 is 5.69 Å². The molecule has 2 N–H and O–H groups in total. The Kier molecular flexibility index (Phi) is 2.94. The predicted octanol–water partition coefficient (Wildman–Crippen LogP) is 4.15. The fourth-order valence-corrected chi connectivity index (χ4v) is 3.40. The van der Waals surface area contributed by atoms with Gasteiger partial charge in [0, 0.05) is 16.8 Å². The summed E-state index contributed by atoms with van der Waals surface area (Å²) in [6, 6.07) is 13.9. The third-order valence-electron chi connectivity index (χ3n) is 4.37. The molecule has 4 nitrogen and oxygen atoms in total. The molecule has 1 aliphatic rings. The van der Waals surface area contributed by atoms with Crippen LogP contribution in [0.5, 0.6) is 5.75 Å². The molecule has 0 bridgehead atoms. The Bertz CT molecular complexity index is 911. The minimum atomic E-state index is -0.214. The maximum atomic E-state index is 10.3. The average molecular weight is 305 g/mol. The minimum Gasteiger partial charge on any atom is -0.508 e. The van der Waals surface area contributed by atoms with Crippen molar-refractivity contribution in [3.05, 3.63) is 64.8 Å². The molecule has 2 heterocycles. The standard InChI is InChI=1S/C19H19N3O/c1-11-8-12(2)18-15(9-11)16-10-13(3)21-22(16)19(20-18)14-6-4-5-7-17(14)23/h4-10,19-20,23H,1-3H3/t19-/m1/s1. The van der Waals surface area contributed by atoms with E-state index in [9.17, 15) is 5.11 Å². The van der Waals surface area contributed by atoms with Crippen molar-refractivity contribution in [2.45, 2.75) is 26.9 Å². The number of aromatic nitrogens is 2. The van der Waals surface area contributed by atoms with Crippen molar-refractivity contribution < 1.29 is 5.11 Å². The van der Waals surface area contributed by atoms with Crippen molar-refractivity contribution in [3.8, 4) is 17.0 Å². The summed E-state index contributed by atoms with van der Waals surface area (Å²) in [5, 5.41) is 18.5. The fraction of sp³-hybridized carbons (Fsp3) is 0.211. The molecule has 0 saturated heterocycles. The van der Waals surface area contributed by atoms with Crippen LogP contribution in [0.1, 0.15) is 28.6 Å². The largest absolute Gasteiger partial charge is 0.508 e. The van der Waals surface area contributed by atoms with E-state index in [4.69, 9.17) is 0 Å². The molecule has 3 aromatic rings. The van der Waals surface area contributed by atoms with Gasteiger partial charge in [-0.2, -0.15) is 5.10 Å². The molecule has 0 radical (unpaired) electrons. The summed E-state index contributed by atoms with van der Waals surface area (Å²) in [5.74, 6) is 0.275. The summed E-state index contributed by atoms with van der Waals surface area (Å²) in [4.78, 5) is 0. The minimum absolute atomic E-state index is 0.214. The van der Waals surface area contributed by atoms with Gasteiger partial charge >= 0.3 is 0 Å². The van der Waals surface area contributed by atoms with Crippen molar-refractivity contribution in [2.75, 3.05) is 5.32 Å². The molecule has 4 heteroatoms. The number of hydrogen-bond donors (Lipinski definition) is 2. The van der Waals surface area contributed by atoms with E-state index in [1.54, 1.807) is 6.07 Å². The van der Waals surface area contributed by atoms with Gasteiger partial charge in [0.05, 0.1) is 11.4 Å². The number of phenolic OH excluding ortho intramolecular Hbond substituents is 1. The SMILES string of the molecule is Cc1cc(C)c2c(c1)-c1cc(C)nn1[C@H](c1ccccc1O)N2. The second-order valence-electron chi connectivity index (χ2n) is 6.23. The number of fused-ring (bicyclic) bond motifs is 3. The van der Waals surface area contributed by atoms with Crippen LogP contribution in [-0.2, 0) is 0 Å². The summed E-state index contributed by atoms with van der Waals surface area (Å²) >= 11 is 0. The van der Waals surface area contributed by atoms with Gasteiger partial charge in [-0.3, -0.25) is 0 Å². The van der Waals surface area contributed by atoms with Crippen LogP contribution >= 0.6 is 0 Å². The highest BCUT2D eigenvalue weighted by Gasteiger charge is 2.28. The summed E-state index contributed by atoms with van der Waals surface area (Å²) in [5.41, 5.74) is 7.57. The fourth-order valence-electron chi connectivity index (χ4n) is 3.40. The van der Waals surface area contributed by atoms with Gasteiger partial charge in [-0.1, -0.05) is 29.8 Å². The number of aromatic hydroxyl groups is 1. The molecule has 23 heavy (non-hydrogen) atoms. The predicted molar refractivity (Wildman–Crippen MR) is 91.7 cm³/mol. The van der Waals surface area contributed by atoms with Gasteiger partial charge in [-0.25, -0.2) is 4.68 Å². The molecule has 0 amide bonds. The Morgan fingerprint density at radius 3 is 2.65 bits per heavy atom. The van der Waals surface area contributed by atoms with Crippen LogP contribution in [-0.4, -0.2) is 14.9 Å². The molecule has 0 unspecified atom stereocenters. The number of phenols is 1. The lowest BCUT2D eigenvalue weighted by Gasteiger charge is -2.31. The lowest BCUT2D eigenvalue weighted by atomic mass is 9.98. The average Bonchev–Trinajstić information content (AvgIpc) is 2.89. The maximum Gasteiger partial charge on any atom is 0.150 e. The Balaban J connectivity index is 1.97. The highest BCUT2D eigenvalue weighted by Crippen LogP contribution is 2.42. The third kappa shape index (κ3) is 2.10. The van der Waals surface area contributed by atoms with Gasteiger partial charge in [-0.05, 0) is 44.5 Å². The summed E-state index contributed by atoms with van der Waals surface area (Å²) in [6.07, 6.45) is -0.214. The second-order valence-corrected chi connectivity index (χ2v) is 6.23. The molecule has 116 valence electrons. The third-order valence-corrected chi connectivity index (χ3v) is 4.37. The molecule has 0 saturated carbocycles. The number of nitrogens with zero attached hydrogens (tertiary/aromatic N) is 2. The number of aryl methyl sites for hydroxylation is 3. The van der Waals surface area contributed by atoms with Crippen molar-refractivity contribution in [3.63, 3.8) is 0 Å². The Labute approximate surface area is 135 Å². The number of para-hydroxylation sites is 1. The van der Waals surface area contributed by atoms with Crippen LogP contribution in [0.2, 0.25) is 0 Å². The van der Waals surface area contributed by atoms with Gasteiger partial charge < -0.3 is 10.4 Å². The van der Waals surface area contributed by atoms with E-state index in [-0.39, 0.29) is 11.9 Å². The monoisotopic (exact) mass is 305 g/mol. The van der Waals surface area contributed by atoms with E-state index in [2.05, 4.69) is 42.5 Å². The zero-order chi connectivity index (χ0) is 16.1. The van der Waals surface area contributed by atoms with E-state index in [0.29, 0.717) is 0 Å². The first-order valence-electron chi connectivity index (χ1n) is 7.77. The van der Waals surface area contributed by atoms with Crippen LogP contribution in [0, 0.1) is 20.8 Å². The number of anilines is 1. The highest BCUT2D eigenvalue weighted by atomic mass is 16.3. The van der Waals surface area contributed by atoms with Crippen LogP contribution in [0.15, 0.2) is 42.5 Å². The smallest absolute Gasteiger partial charge is 0.150 e. The van der Waals surface area contributed by atoms with Crippen LogP contribution in [0.3, 0.4) is 0 Å². The van der Waals surface area contributed by atoms with Crippen molar-refractivity contribution in [2.24, 2.45) is 0 Å². The van der Waals surface area contributed by atoms with Gasteiger partial charge in [0.25, 0.3) is 0 Å². The van der Waals surface area contributed by atoms with Crippen LogP contribution in [0.25, 0.3) is 11.3 Å². The lowest BCUT2D eigenvalue weighted by Crippen LogP contribution is -2.26. The van der Waals surface area contributed by atoms with Crippen LogP contribution in [0.4, 0.5) is 5.69 Å². The van der Waals surface area contributed by atoms with E-state index in [0.717, 1.165) is 28.2 Å². The zero-order valence-electron chi connectivity index (χ0n) is 13.5. The number of hydrogen-bond acceptors (Lipinski definition) is 3. The normalized spacial score (nSPS) is 15.7. The first-order valence-corrected chi connectivity index (χ1v) is 7.77. The van der Waals surface area contributed by atoms with E-state index >= 15 is 0 Å². The quantitative estimate of drug-likeness (QED) is 0.710. The van der Waals surface area contributed by atoms with Gasteiger partial charge in [0.1, 0.15) is 5.75 Å². The molecular formula is C19H19N3O. The molecule has 0 fully saturated rings. The molecule has 1 aromatic heterocycles. The molecule has 4 rings (SSSR count). The molecule has 0 aliphatic carbocycles. The molecule has 1 aliphatic heterocycles. The number of nitrogens with one attached hydrogen (secondary N) is 1. The Morgan fingerprint density at radius 1 is 1.09 bits per heavy atom.